The maximum Gasteiger partial charge on any atom is 0.137 e. The Morgan fingerprint density at radius 1 is 1.04 bits per heavy atom. The van der Waals surface area contributed by atoms with Gasteiger partial charge in [-0.2, -0.15) is 0 Å². The lowest BCUT2D eigenvalue weighted by Gasteiger charge is -2.06. The number of hydrogen-bond acceptors (Lipinski definition) is 5. The molecule has 0 radical (unpaired) electrons. The van der Waals surface area contributed by atoms with E-state index in [1.807, 2.05) is 42.5 Å². The quantitative estimate of drug-likeness (QED) is 0.596. The number of nitrogens with zero attached hydrogens (tertiary/aromatic N) is 2. The lowest BCUT2D eigenvalue weighted by molar-refractivity contribution is 0.415. The van der Waals surface area contributed by atoms with Gasteiger partial charge in [-0.25, -0.2) is 4.99 Å². The Kier molecular flexibility index (Phi) is 4.11. The molecule has 0 unspecified atom stereocenters. The van der Waals surface area contributed by atoms with Crippen LogP contribution < -0.4 is 10.1 Å². The van der Waals surface area contributed by atoms with Crippen LogP contribution in [0.25, 0.3) is 22.3 Å². The highest BCUT2D eigenvalue weighted by Gasteiger charge is 2.07. The van der Waals surface area contributed by atoms with E-state index in [4.69, 9.17) is 9.15 Å². The van der Waals surface area contributed by atoms with Crippen molar-refractivity contribution in [1.29, 1.82) is 0 Å². The van der Waals surface area contributed by atoms with E-state index in [1.54, 1.807) is 37.7 Å². The maximum absolute atomic E-state index is 9.86. The normalized spacial score (nSPS) is 11.7. The standard InChI is InChI=1S/C21H16N2O3/c1-25-17-7-4-14(5-8-17)21-12-19(23-15-3-2-10-22-13-15)18-11-16(24)6-9-20(18)26-21/h2-13,24H,1H3. The first-order chi connectivity index (χ1) is 12.7. The average Bonchev–Trinajstić information content (AvgIpc) is 2.69. The number of hydrogen-bond donors (Lipinski definition) is 1. The summed E-state index contributed by atoms with van der Waals surface area (Å²) in [6.07, 6.45) is 3.39. The molecule has 0 aliphatic heterocycles. The van der Waals surface area contributed by atoms with Gasteiger partial charge < -0.3 is 14.3 Å². The number of benzene rings is 2. The summed E-state index contributed by atoms with van der Waals surface area (Å²) in [5.41, 5.74) is 2.27. The molecule has 0 aliphatic rings. The number of methoxy groups -OCH3 is 1. The van der Waals surface area contributed by atoms with Crippen molar-refractivity contribution in [2.24, 2.45) is 4.99 Å². The third kappa shape index (κ3) is 3.15. The zero-order valence-corrected chi connectivity index (χ0v) is 14.1. The van der Waals surface area contributed by atoms with Crippen LogP contribution in [0.5, 0.6) is 11.5 Å². The predicted molar refractivity (Wildman–Crippen MR) is 99.3 cm³/mol. The van der Waals surface area contributed by atoms with Crippen LogP contribution in [0.1, 0.15) is 0 Å². The van der Waals surface area contributed by atoms with E-state index in [0.29, 0.717) is 16.7 Å². The molecule has 0 amide bonds. The summed E-state index contributed by atoms with van der Waals surface area (Å²) in [5.74, 6) is 1.61. The van der Waals surface area contributed by atoms with Crippen LogP contribution in [0, 0.1) is 0 Å². The van der Waals surface area contributed by atoms with Gasteiger partial charge in [0.05, 0.1) is 24.4 Å². The minimum absolute atomic E-state index is 0.160. The molecule has 128 valence electrons. The predicted octanol–water partition coefficient (Wildman–Crippen LogP) is 4.44. The Hall–Kier alpha value is -3.60. The fourth-order valence-electron chi connectivity index (χ4n) is 2.71. The van der Waals surface area contributed by atoms with Gasteiger partial charge in [-0.05, 0) is 54.6 Å². The topological polar surface area (TPSA) is 67.9 Å². The smallest absolute Gasteiger partial charge is 0.137 e. The summed E-state index contributed by atoms with van der Waals surface area (Å²) < 4.78 is 11.2. The molecular formula is C21H16N2O3. The molecule has 0 atom stereocenters. The molecule has 26 heavy (non-hydrogen) atoms. The van der Waals surface area contributed by atoms with Gasteiger partial charge in [0.15, 0.2) is 0 Å². The molecule has 0 aliphatic carbocycles. The SMILES string of the molecule is COc1ccc(-c2cc(=Nc3cccnc3)c3cc(O)ccc3o2)cc1. The van der Waals surface area contributed by atoms with Crippen molar-refractivity contribution in [3.63, 3.8) is 0 Å². The van der Waals surface area contributed by atoms with E-state index < -0.39 is 0 Å². The largest absolute Gasteiger partial charge is 0.508 e. The van der Waals surface area contributed by atoms with E-state index >= 15 is 0 Å². The first-order valence-corrected chi connectivity index (χ1v) is 8.09. The van der Waals surface area contributed by atoms with Crippen LogP contribution in [0.15, 0.2) is 82.5 Å². The van der Waals surface area contributed by atoms with Crippen LogP contribution in [-0.4, -0.2) is 17.2 Å². The van der Waals surface area contributed by atoms with Crippen LogP contribution in [0.2, 0.25) is 0 Å². The van der Waals surface area contributed by atoms with Crippen LogP contribution in [0.4, 0.5) is 5.69 Å². The fraction of sp³-hybridized carbons (Fsp3) is 0.0476. The molecule has 0 saturated heterocycles. The van der Waals surface area contributed by atoms with E-state index in [2.05, 4.69) is 9.98 Å². The van der Waals surface area contributed by atoms with Crippen LogP contribution in [0.3, 0.4) is 0 Å². The number of fused-ring (bicyclic) bond motifs is 1. The van der Waals surface area contributed by atoms with Gasteiger partial charge in [0.25, 0.3) is 0 Å². The van der Waals surface area contributed by atoms with E-state index in [9.17, 15) is 5.11 Å². The molecule has 4 rings (SSSR count). The number of phenolic OH excluding ortho intramolecular Hbond substituents is 1. The van der Waals surface area contributed by atoms with Crippen molar-refractivity contribution < 1.29 is 14.3 Å². The average molecular weight is 344 g/mol. The Morgan fingerprint density at radius 2 is 1.88 bits per heavy atom. The van der Waals surface area contributed by atoms with Crippen LogP contribution >= 0.6 is 0 Å². The molecule has 0 saturated carbocycles. The van der Waals surface area contributed by atoms with Gasteiger partial charge in [-0.1, -0.05) is 0 Å². The summed E-state index contributed by atoms with van der Waals surface area (Å²) in [6.45, 7) is 0. The first-order valence-electron chi connectivity index (χ1n) is 8.09. The van der Waals surface area contributed by atoms with Gasteiger partial charge in [-0.15, -0.1) is 0 Å². The third-order valence-electron chi connectivity index (χ3n) is 4.00. The van der Waals surface area contributed by atoms with Crippen LogP contribution in [-0.2, 0) is 0 Å². The van der Waals surface area contributed by atoms with Gasteiger partial charge >= 0.3 is 0 Å². The summed E-state index contributed by atoms with van der Waals surface area (Å²) in [4.78, 5) is 8.77. The van der Waals surface area contributed by atoms with E-state index in [1.165, 1.54) is 0 Å². The Labute approximate surface area is 149 Å². The fourth-order valence-corrected chi connectivity index (χ4v) is 2.71. The number of aromatic hydroxyl groups is 1. The number of rotatable bonds is 3. The van der Waals surface area contributed by atoms with E-state index in [-0.39, 0.29) is 5.75 Å². The third-order valence-corrected chi connectivity index (χ3v) is 4.00. The second kappa shape index (κ2) is 6.72. The Balaban J connectivity index is 1.95. The monoisotopic (exact) mass is 344 g/mol. The number of pyridine rings is 1. The highest BCUT2D eigenvalue weighted by Crippen LogP contribution is 2.26. The lowest BCUT2D eigenvalue weighted by atomic mass is 10.1. The molecule has 2 aromatic heterocycles. The number of phenols is 1. The Morgan fingerprint density at radius 3 is 2.62 bits per heavy atom. The van der Waals surface area contributed by atoms with Crippen molar-refractivity contribution in [3.8, 4) is 22.8 Å². The second-order valence-corrected chi connectivity index (χ2v) is 5.73. The van der Waals surface area contributed by atoms with Crippen molar-refractivity contribution in [2.75, 3.05) is 7.11 Å². The van der Waals surface area contributed by atoms with Crippen molar-refractivity contribution in [3.05, 3.63) is 78.4 Å². The lowest BCUT2D eigenvalue weighted by Crippen LogP contribution is -2.03. The van der Waals surface area contributed by atoms with Crippen molar-refractivity contribution in [2.45, 2.75) is 0 Å². The molecule has 1 N–H and O–H groups in total. The zero-order chi connectivity index (χ0) is 17.9. The molecular weight excluding hydrogens is 328 g/mol. The van der Waals surface area contributed by atoms with Gasteiger partial charge in [-0.3, -0.25) is 4.98 Å². The molecule has 4 aromatic rings. The molecule has 0 spiro atoms. The summed E-state index contributed by atoms with van der Waals surface area (Å²) in [5, 5.41) is 11.3. The molecule has 0 fully saturated rings. The summed E-state index contributed by atoms with van der Waals surface area (Å²) >= 11 is 0. The van der Waals surface area contributed by atoms with Crippen molar-refractivity contribution >= 4 is 16.7 Å². The van der Waals surface area contributed by atoms with Gasteiger partial charge in [0, 0.05) is 23.2 Å². The summed E-state index contributed by atoms with van der Waals surface area (Å²) in [6, 6.07) is 18.2. The number of aromatic nitrogens is 1. The molecule has 5 heteroatoms. The Bertz CT molecular complexity index is 1120. The molecule has 2 heterocycles. The first kappa shape index (κ1) is 15.9. The number of ether oxygens (including phenoxy) is 1. The molecule has 5 nitrogen and oxygen atoms in total. The molecule has 2 aromatic carbocycles. The second-order valence-electron chi connectivity index (χ2n) is 5.73. The maximum atomic E-state index is 9.86. The van der Waals surface area contributed by atoms with Gasteiger partial charge in [0.2, 0.25) is 0 Å². The highest BCUT2D eigenvalue weighted by atomic mass is 16.5. The molecule has 0 bridgehead atoms. The zero-order valence-electron chi connectivity index (χ0n) is 14.1. The van der Waals surface area contributed by atoms with E-state index in [0.717, 1.165) is 22.4 Å². The summed E-state index contributed by atoms with van der Waals surface area (Å²) in [7, 11) is 1.63. The van der Waals surface area contributed by atoms with Gasteiger partial charge in [0.1, 0.15) is 22.8 Å². The minimum atomic E-state index is 0.160. The van der Waals surface area contributed by atoms with Crippen molar-refractivity contribution in [1.82, 2.24) is 4.98 Å². The minimum Gasteiger partial charge on any atom is -0.508 e. The highest BCUT2D eigenvalue weighted by molar-refractivity contribution is 5.80.